The van der Waals surface area contributed by atoms with Crippen molar-refractivity contribution in [2.75, 3.05) is 20.1 Å². The Balaban J connectivity index is 2.69. The summed E-state index contributed by atoms with van der Waals surface area (Å²) < 4.78 is 7.34. The van der Waals surface area contributed by atoms with Crippen LogP contribution in [0.4, 0.5) is 0 Å². The molecule has 0 unspecified atom stereocenters. The third kappa shape index (κ3) is 6.20. The van der Waals surface area contributed by atoms with E-state index in [1.165, 1.54) is 5.69 Å². The molecule has 0 aliphatic rings. The highest BCUT2D eigenvalue weighted by molar-refractivity contribution is 5.83. The van der Waals surface area contributed by atoms with Gasteiger partial charge in [-0.1, -0.05) is 0 Å². The van der Waals surface area contributed by atoms with Crippen LogP contribution in [0, 0.1) is 0 Å². The molecule has 0 saturated heterocycles. The molecule has 0 bridgehead atoms. The Kier molecular flexibility index (Phi) is 6.46. The molecule has 0 aromatic carbocycles. The summed E-state index contributed by atoms with van der Waals surface area (Å²) in [5, 5.41) is 3.19. The number of rotatable bonds is 5. The van der Waals surface area contributed by atoms with Crippen LogP contribution in [0.5, 0.6) is 0 Å². The number of nitrogens with one attached hydrogen (secondary N) is 1. The van der Waals surface area contributed by atoms with Crippen molar-refractivity contribution in [2.45, 2.75) is 39.8 Å². The van der Waals surface area contributed by atoms with Crippen LogP contribution in [-0.4, -0.2) is 47.1 Å². The minimum absolute atomic E-state index is 0.0110. The van der Waals surface area contributed by atoms with E-state index in [0.29, 0.717) is 12.5 Å². The van der Waals surface area contributed by atoms with E-state index in [2.05, 4.69) is 20.9 Å². The summed E-state index contributed by atoms with van der Waals surface area (Å²) in [5.41, 5.74) is 0.685. The van der Waals surface area contributed by atoms with Crippen LogP contribution in [0.25, 0.3) is 0 Å². The minimum Gasteiger partial charge on any atom is -0.459 e. The molecule has 1 aromatic rings. The van der Waals surface area contributed by atoms with Crippen LogP contribution in [0.3, 0.4) is 0 Å². The van der Waals surface area contributed by atoms with E-state index in [4.69, 9.17) is 4.74 Å². The zero-order valence-corrected chi connectivity index (χ0v) is 14.5. The molecule has 0 amide bonds. The number of guanidine groups is 1. The van der Waals surface area contributed by atoms with Crippen LogP contribution < -0.4 is 5.32 Å². The van der Waals surface area contributed by atoms with Crippen LogP contribution in [0.15, 0.2) is 23.3 Å². The fourth-order valence-electron chi connectivity index (χ4n) is 1.96. The summed E-state index contributed by atoms with van der Waals surface area (Å²) in [5.74, 6) is 0.365. The Hall–Kier alpha value is -1.98. The van der Waals surface area contributed by atoms with Gasteiger partial charge in [-0.2, -0.15) is 0 Å². The lowest BCUT2D eigenvalue weighted by atomic mass is 10.2. The highest BCUT2D eigenvalue weighted by Crippen LogP contribution is 2.07. The topological polar surface area (TPSA) is 58.9 Å². The average molecular weight is 308 g/mol. The van der Waals surface area contributed by atoms with Gasteiger partial charge in [-0.05, 0) is 39.8 Å². The first-order chi connectivity index (χ1) is 10.2. The predicted octanol–water partition coefficient (Wildman–Crippen LogP) is 1.76. The molecule has 1 N–H and O–H groups in total. The Morgan fingerprint density at radius 2 is 2.14 bits per heavy atom. The molecule has 0 radical (unpaired) electrons. The molecule has 0 aliphatic heterocycles. The van der Waals surface area contributed by atoms with E-state index in [1.54, 1.807) is 0 Å². The number of hydrogen-bond acceptors (Lipinski definition) is 3. The molecule has 0 fully saturated rings. The van der Waals surface area contributed by atoms with Crippen molar-refractivity contribution in [3.8, 4) is 0 Å². The van der Waals surface area contributed by atoms with Crippen LogP contribution in [0.2, 0.25) is 0 Å². The number of aromatic nitrogens is 1. The van der Waals surface area contributed by atoms with Gasteiger partial charge in [0.15, 0.2) is 5.96 Å². The summed E-state index contributed by atoms with van der Waals surface area (Å²) in [4.78, 5) is 18.1. The van der Waals surface area contributed by atoms with Crippen molar-refractivity contribution in [1.82, 2.24) is 14.8 Å². The highest BCUT2D eigenvalue weighted by Gasteiger charge is 2.16. The van der Waals surface area contributed by atoms with E-state index < -0.39 is 5.60 Å². The second kappa shape index (κ2) is 7.87. The van der Waals surface area contributed by atoms with Gasteiger partial charge < -0.3 is 19.5 Å². The summed E-state index contributed by atoms with van der Waals surface area (Å²) in [7, 11) is 3.96. The molecule has 1 rings (SSSR count). The van der Waals surface area contributed by atoms with Gasteiger partial charge in [0, 0.05) is 32.5 Å². The van der Waals surface area contributed by atoms with Crippen molar-refractivity contribution in [1.29, 1.82) is 0 Å². The molecular formula is C16H28N4O2. The first kappa shape index (κ1) is 18.1. The average Bonchev–Trinajstić information content (AvgIpc) is 2.78. The van der Waals surface area contributed by atoms with Gasteiger partial charge in [0.25, 0.3) is 0 Å². The summed E-state index contributed by atoms with van der Waals surface area (Å²) >= 11 is 0. The van der Waals surface area contributed by atoms with E-state index >= 15 is 0 Å². The quantitative estimate of drug-likeness (QED) is 0.511. The predicted molar refractivity (Wildman–Crippen MR) is 88.7 cm³/mol. The number of hydrogen-bond donors (Lipinski definition) is 1. The van der Waals surface area contributed by atoms with Crippen molar-refractivity contribution < 1.29 is 9.53 Å². The van der Waals surface area contributed by atoms with Crippen molar-refractivity contribution in [3.63, 3.8) is 0 Å². The number of carbonyl (C=O) groups excluding carboxylic acids is 1. The Bertz CT molecular complexity index is 514. The number of carbonyl (C=O) groups is 1. The van der Waals surface area contributed by atoms with Crippen molar-refractivity contribution in [2.24, 2.45) is 12.0 Å². The summed E-state index contributed by atoms with van der Waals surface area (Å²) in [6, 6.07) is 4.07. The standard InChI is InChI=1S/C16H28N4O2/c1-7-17-15(18-11-14(21)22-16(2,3)4)20(6)12-13-9-8-10-19(13)5/h8-10H,7,11-12H2,1-6H3,(H,17,18). The maximum atomic E-state index is 11.8. The molecule has 6 nitrogen and oxygen atoms in total. The summed E-state index contributed by atoms with van der Waals surface area (Å²) in [6.45, 7) is 9.01. The third-order valence-corrected chi connectivity index (χ3v) is 2.92. The van der Waals surface area contributed by atoms with Gasteiger partial charge in [0.05, 0.1) is 6.54 Å². The second-order valence-corrected chi connectivity index (χ2v) is 6.22. The normalized spacial score (nSPS) is 12.2. The van der Waals surface area contributed by atoms with Gasteiger partial charge in [-0.25, -0.2) is 4.99 Å². The number of ether oxygens (including phenoxy) is 1. The fraction of sp³-hybridized carbons (Fsp3) is 0.625. The molecule has 0 atom stereocenters. The smallest absolute Gasteiger partial charge is 0.328 e. The van der Waals surface area contributed by atoms with Crippen LogP contribution in [0.1, 0.15) is 33.4 Å². The maximum Gasteiger partial charge on any atom is 0.328 e. The Labute approximate surface area is 133 Å². The molecule has 124 valence electrons. The zero-order chi connectivity index (χ0) is 16.8. The fourth-order valence-corrected chi connectivity index (χ4v) is 1.96. The van der Waals surface area contributed by atoms with Gasteiger partial charge in [0.1, 0.15) is 12.1 Å². The van der Waals surface area contributed by atoms with Gasteiger partial charge in [-0.3, -0.25) is 4.79 Å². The molecule has 0 spiro atoms. The second-order valence-electron chi connectivity index (χ2n) is 6.22. The highest BCUT2D eigenvalue weighted by atomic mass is 16.6. The summed E-state index contributed by atoms with van der Waals surface area (Å²) in [6.07, 6.45) is 2.01. The SMILES string of the molecule is CCNC(=NCC(=O)OC(C)(C)C)N(C)Cc1cccn1C. The first-order valence-electron chi connectivity index (χ1n) is 7.54. The van der Waals surface area contributed by atoms with Crippen LogP contribution >= 0.6 is 0 Å². The molecule has 1 heterocycles. The van der Waals surface area contributed by atoms with E-state index in [0.717, 1.165) is 6.54 Å². The lowest BCUT2D eigenvalue weighted by molar-refractivity contribution is -0.152. The number of aryl methyl sites for hydroxylation is 1. The van der Waals surface area contributed by atoms with E-state index in [1.807, 2.05) is 59.0 Å². The van der Waals surface area contributed by atoms with Crippen molar-refractivity contribution in [3.05, 3.63) is 24.0 Å². The van der Waals surface area contributed by atoms with Crippen LogP contribution in [-0.2, 0) is 23.1 Å². The third-order valence-electron chi connectivity index (χ3n) is 2.92. The minimum atomic E-state index is -0.486. The monoisotopic (exact) mass is 308 g/mol. The molecule has 0 aliphatic carbocycles. The zero-order valence-electron chi connectivity index (χ0n) is 14.5. The number of aliphatic imine (C=N–C) groups is 1. The largest absolute Gasteiger partial charge is 0.459 e. The van der Waals surface area contributed by atoms with Gasteiger partial charge >= 0.3 is 5.97 Å². The molecule has 1 aromatic heterocycles. The lowest BCUT2D eigenvalue weighted by Gasteiger charge is -2.23. The lowest BCUT2D eigenvalue weighted by Crippen LogP contribution is -2.39. The van der Waals surface area contributed by atoms with E-state index in [-0.39, 0.29) is 12.5 Å². The van der Waals surface area contributed by atoms with Crippen molar-refractivity contribution >= 4 is 11.9 Å². The Morgan fingerprint density at radius 3 is 2.64 bits per heavy atom. The van der Waals surface area contributed by atoms with Gasteiger partial charge in [0.2, 0.25) is 0 Å². The number of esters is 1. The molecule has 0 saturated carbocycles. The van der Waals surface area contributed by atoms with Gasteiger partial charge in [-0.15, -0.1) is 0 Å². The van der Waals surface area contributed by atoms with E-state index in [9.17, 15) is 4.79 Å². The molecular weight excluding hydrogens is 280 g/mol. The number of nitrogens with zero attached hydrogens (tertiary/aromatic N) is 3. The Morgan fingerprint density at radius 1 is 1.45 bits per heavy atom. The molecule has 22 heavy (non-hydrogen) atoms. The molecule has 6 heteroatoms. The first-order valence-corrected chi connectivity index (χ1v) is 7.54. The maximum absolute atomic E-state index is 11.8.